The molecule has 0 radical (unpaired) electrons. The van der Waals surface area contributed by atoms with Crippen molar-refractivity contribution in [3.63, 3.8) is 0 Å². The van der Waals surface area contributed by atoms with Gasteiger partial charge in [0.25, 0.3) is 0 Å². The van der Waals surface area contributed by atoms with Crippen LogP contribution in [0.5, 0.6) is 0 Å². The molecule has 1 aliphatic rings. The van der Waals surface area contributed by atoms with Gasteiger partial charge >= 0.3 is 5.97 Å². The Labute approximate surface area is 217 Å². The second kappa shape index (κ2) is 14.5. The fourth-order valence-electron chi connectivity index (χ4n) is 3.47. The summed E-state index contributed by atoms with van der Waals surface area (Å²) in [5.41, 5.74) is 2.61. The average molecular weight is 550 g/mol. The lowest BCUT2D eigenvalue weighted by Crippen LogP contribution is -2.30. The molecule has 0 saturated carbocycles. The van der Waals surface area contributed by atoms with Gasteiger partial charge in [0.2, 0.25) is 19.5 Å². The highest BCUT2D eigenvalue weighted by Crippen LogP contribution is 2.45. The van der Waals surface area contributed by atoms with Gasteiger partial charge in [-0.05, 0) is 78.1 Å². The molecule has 11 nitrogen and oxygen atoms in total. The molecular weight excluding hydrogens is 513 g/mol. The van der Waals surface area contributed by atoms with Crippen LogP contribution in [-0.2, 0) is 28.1 Å². The van der Waals surface area contributed by atoms with Crippen LogP contribution < -0.4 is 0 Å². The van der Waals surface area contributed by atoms with E-state index in [0.717, 1.165) is 29.7 Å². The van der Waals surface area contributed by atoms with Crippen LogP contribution in [0.3, 0.4) is 0 Å². The molecule has 0 aliphatic carbocycles. The number of aryl methyl sites for hydroxylation is 1. The molecule has 1 saturated heterocycles. The molecule has 1 aliphatic heterocycles. The van der Waals surface area contributed by atoms with Crippen LogP contribution in [0.1, 0.15) is 65.0 Å². The fourth-order valence-corrected chi connectivity index (χ4v) is 4.99. The maximum atomic E-state index is 12.4. The van der Waals surface area contributed by atoms with Gasteiger partial charge in [0, 0.05) is 0 Å². The number of ether oxygens (including phenoxy) is 3. The van der Waals surface area contributed by atoms with Gasteiger partial charge in [-0.2, -0.15) is 0 Å². The number of aliphatic hydroxyl groups is 2. The summed E-state index contributed by atoms with van der Waals surface area (Å²) in [6, 6.07) is 3.94. The average Bonchev–Trinajstić information content (AvgIpc) is 3.40. The molecule has 0 spiro atoms. The topological polar surface area (TPSA) is 134 Å². The quantitative estimate of drug-likeness (QED) is 0.241. The predicted octanol–water partition coefficient (Wildman–Crippen LogP) is 3.91. The molecule has 3 atom stereocenters. The Morgan fingerprint density at radius 2 is 1.86 bits per heavy atom. The number of carbonyl (C=O) groups is 1. The number of esters is 1. The number of hydrogen-bond donors (Lipinski definition) is 2. The Morgan fingerprint density at radius 1 is 1.22 bits per heavy atom. The molecule has 0 amide bonds. The molecule has 2 aromatic rings. The van der Waals surface area contributed by atoms with E-state index in [1.165, 1.54) is 13.8 Å². The number of fused-ring (bicyclic) bond motifs is 1. The van der Waals surface area contributed by atoms with Crippen molar-refractivity contribution >= 4 is 31.5 Å². The van der Waals surface area contributed by atoms with Gasteiger partial charge in [-0.1, -0.05) is 0 Å². The minimum atomic E-state index is -1.56. The first-order chi connectivity index (χ1) is 17.0. The van der Waals surface area contributed by atoms with Gasteiger partial charge in [0.05, 0.1) is 49.4 Å². The van der Waals surface area contributed by atoms with E-state index in [2.05, 4.69) is 10.1 Å². The van der Waals surface area contributed by atoms with E-state index in [1.807, 2.05) is 32.9 Å². The largest absolute Gasteiger partial charge is 0.464 e. The molecule has 2 aromatic heterocycles. The fraction of sp³-hybridized carbons (Fsp3) is 0.696. The molecule has 3 heterocycles. The summed E-state index contributed by atoms with van der Waals surface area (Å²) in [4.78, 5) is 16.6. The highest BCUT2D eigenvalue weighted by atomic mass is 35.5. The van der Waals surface area contributed by atoms with E-state index in [9.17, 15) is 4.79 Å². The Balaban J connectivity index is 0.000000830. The molecular formula is C23H37ClN3O8P. The number of nitrogens with zero attached hydrogens (tertiary/aromatic N) is 3. The van der Waals surface area contributed by atoms with Crippen LogP contribution >= 0.6 is 20.0 Å². The number of hydrogen-bond acceptors (Lipinski definition) is 10. The van der Waals surface area contributed by atoms with Gasteiger partial charge in [-0.15, -0.1) is 5.10 Å². The van der Waals surface area contributed by atoms with E-state index >= 15 is 0 Å². The first-order valence-corrected chi connectivity index (χ1v) is 13.6. The first kappa shape index (κ1) is 30.8. The zero-order valence-corrected chi connectivity index (χ0v) is 23.3. The third kappa shape index (κ3) is 9.46. The molecule has 204 valence electrons. The smallest absolute Gasteiger partial charge is 0.344 e. The SMILES string of the molecule is CC(C)(O)O.CCOC(=O)C(OCC1CC[C@@H](c2ccc3c(C)nc(Cl)nn23)O1)P(OCC)OCC. The van der Waals surface area contributed by atoms with Crippen LogP contribution in [0.2, 0.25) is 5.28 Å². The van der Waals surface area contributed by atoms with Crippen LogP contribution in [0.15, 0.2) is 12.1 Å². The molecule has 36 heavy (non-hydrogen) atoms. The van der Waals surface area contributed by atoms with E-state index in [4.69, 9.17) is 45.1 Å². The normalized spacial score (nSPS) is 18.8. The minimum absolute atomic E-state index is 0.150. The van der Waals surface area contributed by atoms with Crippen molar-refractivity contribution in [2.45, 2.75) is 78.2 Å². The summed E-state index contributed by atoms with van der Waals surface area (Å²) in [6.45, 7) is 11.3. The molecule has 13 heteroatoms. The lowest BCUT2D eigenvalue weighted by molar-refractivity contribution is -0.153. The van der Waals surface area contributed by atoms with E-state index in [1.54, 1.807) is 11.4 Å². The summed E-state index contributed by atoms with van der Waals surface area (Å²) in [5, 5.41) is 20.7. The summed E-state index contributed by atoms with van der Waals surface area (Å²) in [6.07, 6.45) is 1.26. The predicted molar refractivity (Wildman–Crippen MR) is 135 cm³/mol. The van der Waals surface area contributed by atoms with Crippen LogP contribution in [-0.4, -0.2) is 74.9 Å². The van der Waals surface area contributed by atoms with Crippen molar-refractivity contribution < 1.29 is 38.3 Å². The number of carbonyl (C=O) groups excluding carboxylic acids is 1. The Hall–Kier alpha value is -1.43. The van der Waals surface area contributed by atoms with E-state index in [-0.39, 0.29) is 30.7 Å². The second-order valence-electron chi connectivity index (χ2n) is 8.40. The zero-order chi connectivity index (χ0) is 26.9. The Kier molecular flexibility index (Phi) is 12.4. The van der Waals surface area contributed by atoms with Gasteiger partial charge in [-0.25, -0.2) is 14.3 Å². The first-order valence-electron chi connectivity index (χ1n) is 11.9. The molecule has 1 fully saturated rings. The Bertz CT molecular complexity index is 959. The summed E-state index contributed by atoms with van der Waals surface area (Å²) in [5.74, 6) is -2.90. The second-order valence-corrected chi connectivity index (χ2v) is 10.3. The Morgan fingerprint density at radius 3 is 2.44 bits per heavy atom. The summed E-state index contributed by atoms with van der Waals surface area (Å²) in [7, 11) is -1.56. The molecule has 3 rings (SSSR count). The molecule has 2 N–H and O–H groups in total. The van der Waals surface area contributed by atoms with Gasteiger partial charge in [0.1, 0.15) is 6.10 Å². The third-order valence-electron chi connectivity index (χ3n) is 4.77. The van der Waals surface area contributed by atoms with Crippen molar-refractivity contribution in [2.24, 2.45) is 0 Å². The third-order valence-corrected chi connectivity index (χ3v) is 6.70. The minimum Gasteiger partial charge on any atom is -0.464 e. The zero-order valence-electron chi connectivity index (χ0n) is 21.6. The molecule has 2 unspecified atom stereocenters. The van der Waals surface area contributed by atoms with Crippen molar-refractivity contribution in [1.29, 1.82) is 0 Å². The van der Waals surface area contributed by atoms with Gasteiger partial charge in [-0.3, -0.25) is 0 Å². The van der Waals surface area contributed by atoms with Crippen molar-refractivity contribution in [2.75, 3.05) is 26.4 Å². The van der Waals surface area contributed by atoms with Crippen LogP contribution in [0.25, 0.3) is 5.52 Å². The summed E-state index contributed by atoms with van der Waals surface area (Å²) < 4.78 is 30.3. The molecule has 0 bridgehead atoms. The monoisotopic (exact) mass is 549 g/mol. The maximum absolute atomic E-state index is 12.4. The highest BCUT2D eigenvalue weighted by Gasteiger charge is 2.36. The van der Waals surface area contributed by atoms with Gasteiger partial charge < -0.3 is 33.5 Å². The highest BCUT2D eigenvalue weighted by molar-refractivity contribution is 7.49. The lowest BCUT2D eigenvalue weighted by atomic mass is 10.1. The van der Waals surface area contributed by atoms with Crippen molar-refractivity contribution in [3.8, 4) is 0 Å². The van der Waals surface area contributed by atoms with E-state index < -0.39 is 26.0 Å². The van der Waals surface area contributed by atoms with Crippen LogP contribution in [0.4, 0.5) is 0 Å². The maximum Gasteiger partial charge on any atom is 0.344 e. The van der Waals surface area contributed by atoms with Crippen molar-refractivity contribution in [3.05, 3.63) is 28.8 Å². The number of rotatable bonds is 11. The standard InChI is InChI=1S/C20H29ClN3O6P.C3H8O2/c1-5-26-18(25)19(31(28-6-2)29-7-3)27-12-14-8-11-17(30-14)16-10-9-15-13(4)22-20(21)23-24(15)16;1-3(2,4)5/h9-10,14,17,19H,5-8,11-12H2,1-4H3;4-5H,1-2H3/t14?,17-,19?;/m0./s1. The van der Waals surface area contributed by atoms with Crippen LogP contribution in [0, 0.1) is 6.92 Å². The van der Waals surface area contributed by atoms with E-state index in [0.29, 0.717) is 13.2 Å². The van der Waals surface area contributed by atoms with Crippen molar-refractivity contribution in [1.82, 2.24) is 14.6 Å². The molecule has 0 aromatic carbocycles. The van der Waals surface area contributed by atoms with Gasteiger partial charge in [0.15, 0.2) is 5.79 Å². The number of aromatic nitrogens is 3. The lowest BCUT2D eigenvalue weighted by Gasteiger charge is -2.25. The summed E-state index contributed by atoms with van der Waals surface area (Å²) >= 11 is 6.04. The number of halogens is 1.